The zero-order chi connectivity index (χ0) is 12.0. The number of hydrogen-bond donors (Lipinski definition) is 0. The normalized spacial score (nSPS) is 18.9. The van der Waals surface area contributed by atoms with E-state index >= 15 is 0 Å². The highest BCUT2D eigenvalue weighted by Gasteiger charge is 2.20. The fourth-order valence-electron chi connectivity index (χ4n) is 1.87. The van der Waals surface area contributed by atoms with Gasteiger partial charge in [0.25, 0.3) is 0 Å². The number of hydrogen-bond acceptors (Lipinski definition) is 2. The highest BCUT2D eigenvalue weighted by molar-refractivity contribution is 5.88. The molecule has 2 heteroatoms. The Morgan fingerprint density at radius 1 is 1.31 bits per heavy atom. The van der Waals surface area contributed by atoms with Crippen molar-refractivity contribution >= 4 is 5.97 Å². The van der Waals surface area contributed by atoms with Gasteiger partial charge in [0.1, 0.15) is 6.10 Å². The van der Waals surface area contributed by atoms with Gasteiger partial charge in [-0.1, -0.05) is 17.7 Å². The Morgan fingerprint density at radius 2 is 1.94 bits per heavy atom. The maximum Gasteiger partial charge on any atom is 0.333 e. The number of ether oxygens (including phenoxy) is 1. The molecule has 0 radical (unpaired) electrons. The fraction of sp³-hybridized carbons (Fsp3) is 0.643. The van der Waals surface area contributed by atoms with Gasteiger partial charge in [-0.25, -0.2) is 4.79 Å². The molecule has 1 aliphatic rings. The molecule has 1 fully saturated rings. The summed E-state index contributed by atoms with van der Waals surface area (Å²) in [5.74, 6) is -0.131. The first-order valence-corrected chi connectivity index (χ1v) is 6.13. The van der Waals surface area contributed by atoms with Gasteiger partial charge in [-0.3, -0.25) is 0 Å². The number of carbonyl (C=O) groups excluding carboxylic acids is 1. The number of esters is 1. The van der Waals surface area contributed by atoms with Crippen LogP contribution in [0.25, 0.3) is 0 Å². The Labute approximate surface area is 98.4 Å². The second-order valence-corrected chi connectivity index (χ2v) is 4.49. The van der Waals surface area contributed by atoms with Crippen LogP contribution in [0.15, 0.2) is 23.3 Å². The third-order valence-electron chi connectivity index (χ3n) is 3.18. The van der Waals surface area contributed by atoms with Crippen LogP contribution in [0.2, 0.25) is 0 Å². The summed E-state index contributed by atoms with van der Waals surface area (Å²) in [6.45, 7) is 5.83. The maximum atomic E-state index is 11.8. The molecule has 0 aliphatic heterocycles. The van der Waals surface area contributed by atoms with E-state index in [1.54, 1.807) is 0 Å². The minimum absolute atomic E-state index is 0.131. The lowest BCUT2D eigenvalue weighted by atomic mass is 10.1. The monoisotopic (exact) mass is 222 g/mol. The van der Waals surface area contributed by atoms with Gasteiger partial charge in [0.05, 0.1) is 0 Å². The molecule has 1 aliphatic carbocycles. The van der Waals surface area contributed by atoms with Gasteiger partial charge in [-0.15, -0.1) is 0 Å². The molecule has 1 rings (SSSR count). The van der Waals surface area contributed by atoms with Crippen molar-refractivity contribution in [3.05, 3.63) is 23.3 Å². The van der Waals surface area contributed by atoms with Crippen LogP contribution >= 0.6 is 0 Å². The fourth-order valence-corrected chi connectivity index (χ4v) is 1.87. The third-order valence-corrected chi connectivity index (χ3v) is 3.18. The molecule has 2 nitrogen and oxygen atoms in total. The van der Waals surface area contributed by atoms with Gasteiger partial charge in [0, 0.05) is 5.57 Å². The number of allylic oxidation sites excluding steroid dienone is 3. The Morgan fingerprint density at radius 3 is 2.50 bits per heavy atom. The topological polar surface area (TPSA) is 26.3 Å². The number of rotatable bonds is 4. The Hall–Kier alpha value is -1.05. The van der Waals surface area contributed by atoms with Crippen molar-refractivity contribution in [1.82, 2.24) is 0 Å². The summed E-state index contributed by atoms with van der Waals surface area (Å²) >= 11 is 0. The molecule has 0 heterocycles. The van der Waals surface area contributed by atoms with Gasteiger partial charge in [-0.2, -0.15) is 0 Å². The van der Waals surface area contributed by atoms with Crippen LogP contribution in [0.4, 0.5) is 0 Å². The molecular weight excluding hydrogens is 200 g/mol. The van der Waals surface area contributed by atoms with E-state index in [-0.39, 0.29) is 12.1 Å². The molecule has 0 unspecified atom stereocenters. The zero-order valence-electron chi connectivity index (χ0n) is 10.6. The second-order valence-electron chi connectivity index (χ2n) is 4.49. The SMILES string of the molecule is CC=CC/C(C)=C(/C)C(=O)OC1CCCC1. The summed E-state index contributed by atoms with van der Waals surface area (Å²) in [4.78, 5) is 11.8. The predicted molar refractivity (Wildman–Crippen MR) is 66.2 cm³/mol. The van der Waals surface area contributed by atoms with Gasteiger partial charge in [0.15, 0.2) is 0 Å². The van der Waals surface area contributed by atoms with Crippen LogP contribution in [-0.2, 0) is 9.53 Å². The average Bonchev–Trinajstić information content (AvgIpc) is 2.77. The third kappa shape index (κ3) is 3.84. The van der Waals surface area contributed by atoms with Gasteiger partial charge in [-0.05, 0) is 52.9 Å². The van der Waals surface area contributed by atoms with E-state index in [2.05, 4.69) is 6.08 Å². The molecule has 0 aromatic rings. The van der Waals surface area contributed by atoms with Crippen molar-refractivity contribution in [3.63, 3.8) is 0 Å². The van der Waals surface area contributed by atoms with Gasteiger partial charge >= 0.3 is 5.97 Å². The van der Waals surface area contributed by atoms with E-state index in [1.165, 1.54) is 12.8 Å². The summed E-state index contributed by atoms with van der Waals surface area (Å²) in [7, 11) is 0. The van der Waals surface area contributed by atoms with E-state index < -0.39 is 0 Å². The second kappa shape index (κ2) is 6.51. The van der Waals surface area contributed by atoms with Gasteiger partial charge < -0.3 is 4.74 Å². The first kappa shape index (κ1) is 13.0. The van der Waals surface area contributed by atoms with Crippen molar-refractivity contribution in [2.45, 2.75) is 59.0 Å². The first-order chi connectivity index (χ1) is 7.65. The molecule has 16 heavy (non-hydrogen) atoms. The Balaban J connectivity index is 2.50. The first-order valence-electron chi connectivity index (χ1n) is 6.13. The Bertz CT molecular complexity index is 294. The van der Waals surface area contributed by atoms with E-state index in [0.29, 0.717) is 0 Å². The summed E-state index contributed by atoms with van der Waals surface area (Å²) in [6.07, 6.45) is 9.51. The maximum absolute atomic E-state index is 11.8. The van der Waals surface area contributed by atoms with Gasteiger partial charge in [0.2, 0.25) is 0 Å². The highest BCUT2D eigenvalue weighted by atomic mass is 16.5. The van der Waals surface area contributed by atoms with Crippen molar-refractivity contribution in [2.75, 3.05) is 0 Å². The Kier molecular flexibility index (Phi) is 5.30. The molecule has 0 bridgehead atoms. The molecular formula is C14H22O2. The summed E-state index contributed by atoms with van der Waals surface area (Å²) in [5, 5.41) is 0. The molecule has 0 amide bonds. The van der Waals surface area contributed by atoms with Crippen LogP contribution in [0.1, 0.15) is 52.9 Å². The van der Waals surface area contributed by atoms with Crippen LogP contribution in [-0.4, -0.2) is 12.1 Å². The molecule has 0 saturated heterocycles. The van der Waals surface area contributed by atoms with Crippen molar-refractivity contribution in [1.29, 1.82) is 0 Å². The molecule has 0 atom stereocenters. The van der Waals surface area contributed by atoms with Crippen LogP contribution in [0.3, 0.4) is 0 Å². The lowest BCUT2D eigenvalue weighted by molar-refractivity contribution is -0.143. The summed E-state index contributed by atoms with van der Waals surface area (Å²) < 4.78 is 5.45. The molecule has 0 N–H and O–H groups in total. The quantitative estimate of drug-likeness (QED) is 0.411. The zero-order valence-corrected chi connectivity index (χ0v) is 10.6. The molecule has 0 spiro atoms. The largest absolute Gasteiger partial charge is 0.459 e. The molecule has 0 aromatic heterocycles. The van der Waals surface area contributed by atoms with Crippen molar-refractivity contribution in [3.8, 4) is 0 Å². The predicted octanol–water partition coefficient (Wildman–Crippen LogP) is 3.77. The van der Waals surface area contributed by atoms with E-state index in [4.69, 9.17) is 4.74 Å². The molecule has 0 aromatic carbocycles. The van der Waals surface area contributed by atoms with Crippen LogP contribution < -0.4 is 0 Å². The smallest absolute Gasteiger partial charge is 0.333 e. The van der Waals surface area contributed by atoms with Crippen LogP contribution in [0.5, 0.6) is 0 Å². The minimum Gasteiger partial charge on any atom is -0.459 e. The minimum atomic E-state index is -0.131. The highest BCUT2D eigenvalue weighted by Crippen LogP contribution is 2.22. The summed E-state index contributed by atoms with van der Waals surface area (Å²) in [5.41, 5.74) is 1.87. The number of carbonyl (C=O) groups is 1. The molecule has 90 valence electrons. The molecule has 1 saturated carbocycles. The lowest BCUT2D eigenvalue weighted by Crippen LogP contribution is -2.16. The standard InChI is InChI=1S/C14H22O2/c1-4-5-8-11(2)12(3)14(15)16-13-9-6-7-10-13/h4-5,13H,6-10H2,1-3H3/b5-4?,12-11-. The van der Waals surface area contributed by atoms with Crippen LogP contribution in [0, 0.1) is 0 Å². The summed E-state index contributed by atoms with van der Waals surface area (Å²) in [6, 6.07) is 0. The van der Waals surface area contributed by atoms with Crippen molar-refractivity contribution in [2.24, 2.45) is 0 Å². The van der Waals surface area contributed by atoms with Crippen molar-refractivity contribution < 1.29 is 9.53 Å². The average molecular weight is 222 g/mol. The van der Waals surface area contributed by atoms with E-state index in [9.17, 15) is 4.79 Å². The van der Waals surface area contributed by atoms with E-state index in [1.807, 2.05) is 26.8 Å². The van der Waals surface area contributed by atoms with E-state index in [0.717, 1.165) is 30.4 Å². The lowest BCUT2D eigenvalue weighted by Gasteiger charge is -2.12.